The van der Waals surface area contributed by atoms with Crippen molar-refractivity contribution < 1.29 is 14.6 Å². The van der Waals surface area contributed by atoms with E-state index in [4.69, 9.17) is 9.72 Å². The minimum absolute atomic E-state index is 0.252. The highest BCUT2D eigenvalue weighted by molar-refractivity contribution is 6.04. The molecule has 0 spiro atoms. The third kappa shape index (κ3) is 2.60. The molecule has 1 aromatic heterocycles. The molecule has 0 bridgehead atoms. The Kier molecular flexibility index (Phi) is 3.97. The number of methoxy groups -OCH3 is 1. The fourth-order valence-electron chi connectivity index (χ4n) is 2.87. The summed E-state index contributed by atoms with van der Waals surface area (Å²) in [5.41, 5.74) is 5.50. The molecule has 0 radical (unpaired) electrons. The summed E-state index contributed by atoms with van der Waals surface area (Å²) in [6.45, 7) is 5.95. The molecule has 0 aliphatic rings. The summed E-state index contributed by atoms with van der Waals surface area (Å²) < 4.78 is 5.43. The molecule has 0 saturated carbocycles. The summed E-state index contributed by atoms with van der Waals surface area (Å²) in [7, 11) is 1.60. The van der Waals surface area contributed by atoms with Crippen molar-refractivity contribution in [2.45, 2.75) is 20.8 Å². The molecule has 2 aromatic carbocycles. The molecule has 4 nitrogen and oxygen atoms in total. The van der Waals surface area contributed by atoms with Crippen LogP contribution in [-0.2, 0) is 0 Å². The molecule has 24 heavy (non-hydrogen) atoms. The number of carbonyl (C=O) groups is 1. The molecule has 0 aliphatic carbocycles. The smallest absolute Gasteiger partial charge is 0.336 e. The second-order valence-electron chi connectivity index (χ2n) is 5.97. The summed E-state index contributed by atoms with van der Waals surface area (Å²) >= 11 is 0. The Hall–Kier alpha value is -2.88. The van der Waals surface area contributed by atoms with E-state index >= 15 is 0 Å². The standard InChI is InChI=1S/C20H19NO3/c1-11-5-8-18(24-4)16(9-11)17-10-15(20(22)23)14-7-6-12(2)13(3)19(14)21-17/h5-10H,1-4H3,(H,22,23). The summed E-state index contributed by atoms with van der Waals surface area (Å²) in [5, 5.41) is 10.3. The van der Waals surface area contributed by atoms with E-state index in [2.05, 4.69) is 0 Å². The van der Waals surface area contributed by atoms with Gasteiger partial charge in [0.05, 0.1) is 23.9 Å². The number of benzene rings is 2. The van der Waals surface area contributed by atoms with Crippen molar-refractivity contribution >= 4 is 16.9 Å². The molecular weight excluding hydrogens is 302 g/mol. The number of hydrogen-bond acceptors (Lipinski definition) is 3. The van der Waals surface area contributed by atoms with Gasteiger partial charge in [0.1, 0.15) is 5.75 Å². The van der Waals surface area contributed by atoms with Crippen LogP contribution < -0.4 is 4.74 Å². The van der Waals surface area contributed by atoms with Gasteiger partial charge < -0.3 is 9.84 Å². The molecule has 1 N–H and O–H groups in total. The number of aromatic carboxylic acids is 1. The average molecular weight is 321 g/mol. The van der Waals surface area contributed by atoms with E-state index in [9.17, 15) is 9.90 Å². The number of ether oxygens (including phenoxy) is 1. The van der Waals surface area contributed by atoms with Gasteiger partial charge in [-0.05, 0) is 50.1 Å². The van der Waals surface area contributed by atoms with Crippen LogP contribution in [0.15, 0.2) is 36.4 Å². The molecule has 0 fully saturated rings. The van der Waals surface area contributed by atoms with Crippen LogP contribution in [0.2, 0.25) is 0 Å². The average Bonchev–Trinajstić information content (AvgIpc) is 2.57. The van der Waals surface area contributed by atoms with Gasteiger partial charge in [-0.2, -0.15) is 0 Å². The summed E-state index contributed by atoms with van der Waals surface area (Å²) in [4.78, 5) is 16.5. The Morgan fingerprint density at radius 2 is 1.83 bits per heavy atom. The topological polar surface area (TPSA) is 59.4 Å². The SMILES string of the molecule is COc1ccc(C)cc1-c1cc(C(=O)O)c2ccc(C)c(C)c2n1. The number of rotatable bonds is 3. The van der Waals surface area contributed by atoms with Gasteiger partial charge in [-0.1, -0.05) is 23.8 Å². The largest absolute Gasteiger partial charge is 0.496 e. The first-order chi connectivity index (χ1) is 11.4. The Balaban J connectivity index is 2.40. The molecule has 0 aliphatic heterocycles. The lowest BCUT2D eigenvalue weighted by atomic mass is 9.98. The fourth-order valence-corrected chi connectivity index (χ4v) is 2.87. The number of aromatic nitrogens is 1. The van der Waals surface area contributed by atoms with Crippen LogP contribution in [0, 0.1) is 20.8 Å². The molecule has 0 atom stereocenters. The van der Waals surface area contributed by atoms with E-state index in [0.29, 0.717) is 22.3 Å². The van der Waals surface area contributed by atoms with E-state index in [0.717, 1.165) is 22.3 Å². The molecule has 1 heterocycles. The van der Waals surface area contributed by atoms with Crippen molar-refractivity contribution in [3.05, 3.63) is 58.7 Å². The molecular formula is C20H19NO3. The van der Waals surface area contributed by atoms with Gasteiger partial charge in [-0.15, -0.1) is 0 Å². The van der Waals surface area contributed by atoms with E-state index in [1.165, 1.54) is 0 Å². The maximum Gasteiger partial charge on any atom is 0.336 e. The van der Waals surface area contributed by atoms with Crippen LogP contribution in [0.1, 0.15) is 27.0 Å². The summed E-state index contributed by atoms with van der Waals surface area (Å²) in [6, 6.07) is 11.2. The van der Waals surface area contributed by atoms with Gasteiger partial charge in [-0.25, -0.2) is 9.78 Å². The monoisotopic (exact) mass is 321 g/mol. The Labute approximate surface area is 140 Å². The molecule has 3 rings (SSSR count). The van der Waals surface area contributed by atoms with Crippen LogP contribution in [-0.4, -0.2) is 23.2 Å². The number of carboxylic acid groups (broad SMARTS) is 1. The van der Waals surface area contributed by atoms with E-state index < -0.39 is 5.97 Å². The first-order valence-corrected chi connectivity index (χ1v) is 7.71. The number of hydrogen-bond donors (Lipinski definition) is 1. The van der Waals surface area contributed by atoms with Crippen molar-refractivity contribution in [1.29, 1.82) is 0 Å². The van der Waals surface area contributed by atoms with Gasteiger partial charge in [0.25, 0.3) is 0 Å². The molecule has 4 heteroatoms. The van der Waals surface area contributed by atoms with Crippen molar-refractivity contribution in [3.63, 3.8) is 0 Å². The van der Waals surface area contributed by atoms with Crippen molar-refractivity contribution in [1.82, 2.24) is 4.98 Å². The maximum absolute atomic E-state index is 11.8. The van der Waals surface area contributed by atoms with E-state index in [1.807, 2.05) is 51.1 Å². The number of fused-ring (bicyclic) bond motifs is 1. The minimum Gasteiger partial charge on any atom is -0.496 e. The lowest BCUT2D eigenvalue weighted by Crippen LogP contribution is -2.02. The zero-order chi connectivity index (χ0) is 17.4. The zero-order valence-corrected chi connectivity index (χ0v) is 14.2. The number of carboxylic acids is 1. The highest BCUT2D eigenvalue weighted by atomic mass is 16.5. The Bertz CT molecular complexity index is 961. The van der Waals surface area contributed by atoms with Gasteiger partial charge in [0.15, 0.2) is 0 Å². The predicted molar refractivity (Wildman–Crippen MR) is 94.9 cm³/mol. The van der Waals surface area contributed by atoms with Crippen molar-refractivity contribution in [2.24, 2.45) is 0 Å². The number of aryl methyl sites for hydroxylation is 3. The quantitative estimate of drug-likeness (QED) is 0.769. The second-order valence-corrected chi connectivity index (χ2v) is 5.97. The van der Waals surface area contributed by atoms with E-state index in [-0.39, 0.29) is 5.56 Å². The van der Waals surface area contributed by atoms with Crippen molar-refractivity contribution in [3.8, 4) is 17.0 Å². The Morgan fingerprint density at radius 3 is 2.50 bits per heavy atom. The normalized spacial score (nSPS) is 10.8. The summed E-state index contributed by atoms with van der Waals surface area (Å²) in [6.07, 6.45) is 0. The second kappa shape index (κ2) is 5.96. The lowest BCUT2D eigenvalue weighted by Gasteiger charge is -2.13. The van der Waals surface area contributed by atoms with Gasteiger partial charge >= 0.3 is 5.97 Å². The molecule has 0 amide bonds. The predicted octanol–water partition coefficient (Wildman–Crippen LogP) is 4.53. The van der Waals surface area contributed by atoms with E-state index in [1.54, 1.807) is 13.2 Å². The fraction of sp³-hybridized carbons (Fsp3) is 0.200. The first-order valence-electron chi connectivity index (χ1n) is 7.71. The molecule has 0 unspecified atom stereocenters. The van der Waals surface area contributed by atoms with Crippen LogP contribution in [0.5, 0.6) is 5.75 Å². The summed E-state index contributed by atoms with van der Waals surface area (Å²) in [5.74, 6) is -0.285. The third-order valence-corrected chi connectivity index (χ3v) is 4.37. The lowest BCUT2D eigenvalue weighted by molar-refractivity contribution is 0.0699. The highest BCUT2D eigenvalue weighted by Crippen LogP contribution is 2.33. The van der Waals surface area contributed by atoms with Crippen LogP contribution >= 0.6 is 0 Å². The zero-order valence-electron chi connectivity index (χ0n) is 14.2. The van der Waals surface area contributed by atoms with Crippen LogP contribution in [0.3, 0.4) is 0 Å². The molecule has 3 aromatic rings. The number of pyridine rings is 1. The van der Waals surface area contributed by atoms with Crippen LogP contribution in [0.25, 0.3) is 22.2 Å². The van der Waals surface area contributed by atoms with Crippen molar-refractivity contribution in [2.75, 3.05) is 7.11 Å². The minimum atomic E-state index is -0.960. The van der Waals surface area contributed by atoms with Gasteiger partial charge in [0.2, 0.25) is 0 Å². The number of nitrogens with zero attached hydrogens (tertiary/aromatic N) is 1. The van der Waals surface area contributed by atoms with Gasteiger partial charge in [0, 0.05) is 10.9 Å². The highest BCUT2D eigenvalue weighted by Gasteiger charge is 2.17. The molecule has 0 saturated heterocycles. The van der Waals surface area contributed by atoms with Gasteiger partial charge in [-0.3, -0.25) is 0 Å². The molecule has 122 valence electrons. The maximum atomic E-state index is 11.8. The van der Waals surface area contributed by atoms with Crippen LogP contribution in [0.4, 0.5) is 0 Å². The Morgan fingerprint density at radius 1 is 1.08 bits per heavy atom. The third-order valence-electron chi connectivity index (χ3n) is 4.37. The first kappa shape index (κ1) is 16.0.